The summed E-state index contributed by atoms with van der Waals surface area (Å²) >= 11 is 0. The first-order valence-electron chi connectivity index (χ1n) is 11.1. The number of hydrogen-bond donors (Lipinski definition) is 2. The van der Waals surface area contributed by atoms with Crippen molar-refractivity contribution in [1.82, 2.24) is 25.3 Å². The molecule has 1 aromatic carbocycles. The van der Waals surface area contributed by atoms with Crippen molar-refractivity contribution in [3.05, 3.63) is 48.2 Å². The quantitative estimate of drug-likeness (QED) is 0.337. The van der Waals surface area contributed by atoms with Crippen LogP contribution in [0.1, 0.15) is 19.0 Å². The predicted molar refractivity (Wildman–Crippen MR) is 124 cm³/mol. The molecule has 2 N–H and O–H groups in total. The average molecular weight is 496 g/mol. The molecule has 1 saturated heterocycles. The second kappa shape index (κ2) is 11.2. The summed E-state index contributed by atoms with van der Waals surface area (Å²) in [5.41, 5.74) is 1.21. The lowest BCUT2D eigenvalue weighted by atomic mass is 9.91. The van der Waals surface area contributed by atoms with E-state index in [1.54, 1.807) is 38.4 Å². The van der Waals surface area contributed by atoms with Crippen molar-refractivity contribution in [2.24, 2.45) is 5.41 Å². The molecule has 1 fully saturated rings. The summed E-state index contributed by atoms with van der Waals surface area (Å²) in [5, 5.41) is 11.2. The molecular weight excluding hydrogens is 471 g/mol. The van der Waals surface area contributed by atoms with Gasteiger partial charge in [0.2, 0.25) is 12.2 Å². The van der Waals surface area contributed by atoms with Crippen LogP contribution >= 0.6 is 0 Å². The van der Waals surface area contributed by atoms with Crippen molar-refractivity contribution in [1.29, 1.82) is 5.26 Å². The molecule has 0 unspecified atom stereocenters. The van der Waals surface area contributed by atoms with Crippen LogP contribution in [0.15, 0.2) is 36.5 Å². The van der Waals surface area contributed by atoms with Crippen LogP contribution in [0.2, 0.25) is 0 Å². The summed E-state index contributed by atoms with van der Waals surface area (Å²) in [7, 11) is 1.57. The number of amides is 1. The predicted octanol–water partition coefficient (Wildman–Crippen LogP) is 2.39. The normalized spacial score (nSPS) is 19.4. The number of nitrogens with one attached hydrogen (secondary N) is 2. The first kappa shape index (κ1) is 25.2. The lowest BCUT2D eigenvalue weighted by Gasteiger charge is -2.35. The molecule has 36 heavy (non-hydrogen) atoms. The zero-order valence-corrected chi connectivity index (χ0v) is 19.8. The summed E-state index contributed by atoms with van der Waals surface area (Å²) in [5.74, 6) is -0.360. The molecule has 1 aliphatic heterocycles. The number of nitrogens with zero attached hydrogens (tertiary/aromatic N) is 4. The third-order valence-corrected chi connectivity index (χ3v) is 5.45. The van der Waals surface area contributed by atoms with E-state index in [-0.39, 0.29) is 44.1 Å². The molecule has 3 aromatic rings. The minimum absolute atomic E-state index is 0.0574. The van der Waals surface area contributed by atoms with Gasteiger partial charge in [-0.3, -0.25) is 4.79 Å². The Kier molecular flexibility index (Phi) is 7.84. The second-order valence-corrected chi connectivity index (χ2v) is 8.27. The first-order valence-corrected chi connectivity index (χ1v) is 11.1. The van der Waals surface area contributed by atoms with Crippen LogP contribution in [-0.2, 0) is 19.0 Å². The van der Waals surface area contributed by atoms with Crippen molar-refractivity contribution < 1.29 is 28.1 Å². The van der Waals surface area contributed by atoms with E-state index in [2.05, 4.69) is 25.3 Å². The highest BCUT2D eigenvalue weighted by molar-refractivity contribution is 5.82. The molecule has 0 saturated carbocycles. The van der Waals surface area contributed by atoms with Gasteiger partial charge in [0, 0.05) is 18.9 Å². The Morgan fingerprint density at radius 2 is 2.00 bits per heavy atom. The summed E-state index contributed by atoms with van der Waals surface area (Å²) in [6.45, 7) is 2.37. The summed E-state index contributed by atoms with van der Waals surface area (Å²) in [4.78, 5) is 28.8. The Balaban J connectivity index is 1.62. The van der Waals surface area contributed by atoms with Gasteiger partial charge < -0.3 is 29.2 Å². The Bertz CT molecular complexity index is 1230. The number of methoxy groups -OCH3 is 1. The highest BCUT2D eigenvalue weighted by atomic mass is 19.1. The van der Waals surface area contributed by atoms with Crippen molar-refractivity contribution in [2.75, 3.05) is 40.1 Å². The number of H-pyrrole nitrogens is 1. The van der Waals surface area contributed by atoms with Gasteiger partial charge in [0.15, 0.2) is 5.82 Å². The molecule has 1 aliphatic rings. The molecule has 4 rings (SSSR count). The molecule has 0 spiro atoms. The van der Waals surface area contributed by atoms with E-state index in [0.717, 1.165) is 0 Å². The molecule has 1 amide bonds. The van der Waals surface area contributed by atoms with E-state index >= 15 is 0 Å². The number of imidazole rings is 1. The summed E-state index contributed by atoms with van der Waals surface area (Å²) in [6, 6.07) is 9.61. The number of carbonyl (C=O) groups is 1. The highest BCUT2D eigenvalue weighted by Gasteiger charge is 2.40. The molecule has 12 heteroatoms. The van der Waals surface area contributed by atoms with Crippen LogP contribution < -0.4 is 10.1 Å². The van der Waals surface area contributed by atoms with E-state index in [9.17, 15) is 9.18 Å². The Morgan fingerprint density at radius 1 is 1.25 bits per heavy atom. The topological polar surface area (TPSA) is 144 Å². The van der Waals surface area contributed by atoms with E-state index in [1.807, 2.05) is 6.07 Å². The van der Waals surface area contributed by atoms with Gasteiger partial charge in [-0.2, -0.15) is 10.2 Å². The minimum Gasteiger partial charge on any atom is -0.461 e. The number of hydrogen-bond acceptors (Lipinski definition) is 9. The largest absolute Gasteiger partial charge is 0.461 e. The monoisotopic (exact) mass is 496 g/mol. The van der Waals surface area contributed by atoms with Crippen LogP contribution in [0.25, 0.3) is 22.6 Å². The molecule has 11 nitrogen and oxygen atoms in total. The van der Waals surface area contributed by atoms with Crippen LogP contribution in [-0.4, -0.2) is 65.9 Å². The maximum atomic E-state index is 13.6. The standard InChI is InChI=1S/C24H25FN6O5/c1-24(22(32)27-10-8-26)13-35-21(36-14-24)20-30-18(15-3-5-16(25)6-4-15)19(31-20)17-7-9-28-23(29-17)34-12-11-33-2/h3-7,9,21H,10-14H2,1-2H3,(H,27,32)(H,30,31). The third-order valence-electron chi connectivity index (χ3n) is 5.45. The molecule has 2 aromatic heterocycles. The minimum atomic E-state index is -0.955. The maximum absolute atomic E-state index is 13.6. The molecular formula is C24H25FN6O5. The Labute approximate surface area is 206 Å². The fourth-order valence-corrected chi connectivity index (χ4v) is 3.50. The van der Waals surface area contributed by atoms with E-state index in [0.29, 0.717) is 35.1 Å². The van der Waals surface area contributed by atoms with Gasteiger partial charge in [-0.1, -0.05) is 0 Å². The number of benzene rings is 1. The van der Waals surface area contributed by atoms with Crippen molar-refractivity contribution in [2.45, 2.75) is 13.2 Å². The number of halogens is 1. The number of aromatic nitrogens is 4. The smallest absolute Gasteiger partial charge is 0.317 e. The molecule has 3 heterocycles. The Morgan fingerprint density at radius 3 is 2.69 bits per heavy atom. The lowest BCUT2D eigenvalue weighted by Crippen LogP contribution is -2.48. The van der Waals surface area contributed by atoms with Gasteiger partial charge in [-0.25, -0.2) is 14.4 Å². The van der Waals surface area contributed by atoms with Gasteiger partial charge in [-0.05, 0) is 37.3 Å². The lowest BCUT2D eigenvalue weighted by molar-refractivity contribution is -0.230. The van der Waals surface area contributed by atoms with Crippen molar-refractivity contribution in [3.8, 4) is 34.7 Å². The number of nitriles is 1. The zero-order chi connectivity index (χ0) is 25.5. The summed E-state index contributed by atoms with van der Waals surface area (Å²) in [6.07, 6.45) is 0.673. The van der Waals surface area contributed by atoms with Crippen LogP contribution in [0.5, 0.6) is 6.01 Å². The van der Waals surface area contributed by atoms with Gasteiger partial charge in [0.05, 0.1) is 48.4 Å². The fraction of sp³-hybridized carbons (Fsp3) is 0.375. The zero-order valence-electron chi connectivity index (χ0n) is 19.8. The number of rotatable bonds is 9. The molecule has 0 aliphatic carbocycles. The molecule has 0 atom stereocenters. The van der Waals surface area contributed by atoms with Crippen molar-refractivity contribution >= 4 is 5.91 Å². The number of aromatic amines is 1. The highest BCUT2D eigenvalue weighted by Crippen LogP contribution is 2.35. The number of ether oxygens (including phenoxy) is 4. The first-order chi connectivity index (χ1) is 17.4. The van der Waals surface area contributed by atoms with Crippen LogP contribution in [0, 0.1) is 22.6 Å². The van der Waals surface area contributed by atoms with E-state index in [4.69, 9.17) is 24.2 Å². The SMILES string of the molecule is COCCOc1nccc(-c2[nH]c(C3OCC(C)(C(=O)NCC#N)CO3)nc2-c2ccc(F)cc2)n1. The van der Waals surface area contributed by atoms with E-state index < -0.39 is 11.7 Å². The van der Waals surface area contributed by atoms with Gasteiger partial charge in [0.25, 0.3) is 0 Å². The third kappa shape index (κ3) is 5.65. The van der Waals surface area contributed by atoms with E-state index in [1.165, 1.54) is 12.1 Å². The van der Waals surface area contributed by atoms with Crippen LogP contribution in [0.4, 0.5) is 4.39 Å². The average Bonchev–Trinajstić information content (AvgIpc) is 3.34. The summed E-state index contributed by atoms with van der Waals surface area (Å²) < 4.78 is 35.8. The molecule has 188 valence electrons. The van der Waals surface area contributed by atoms with Gasteiger partial charge in [0.1, 0.15) is 19.0 Å². The van der Waals surface area contributed by atoms with Crippen LogP contribution in [0.3, 0.4) is 0 Å². The van der Waals surface area contributed by atoms with Gasteiger partial charge >= 0.3 is 6.01 Å². The Hall–Kier alpha value is -3.92. The van der Waals surface area contributed by atoms with Crippen molar-refractivity contribution in [3.63, 3.8) is 0 Å². The number of carbonyl (C=O) groups excluding carboxylic acids is 1. The van der Waals surface area contributed by atoms with Gasteiger partial charge in [-0.15, -0.1) is 0 Å². The molecule has 0 radical (unpaired) electrons. The maximum Gasteiger partial charge on any atom is 0.317 e. The molecule has 0 bridgehead atoms. The fourth-order valence-electron chi connectivity index (χ4n) is 3.50. The second-order valence-electron chi connectivity index (χ2n) is 8.27.